The van der Waals surface area contributed by atoms with E-state index in [1.165, 1.54) is 12.3 Å². The van der Waals surface area contributed by atoms with Gasteiger partial charge in [0, 0.05) is 18.0 Å². The maximum Gasteiger partial charge on any atom is 0.196 e. The number of rotatable bonds is 1. The van der Waals surface area contributed by atoms with E-state index in [-0.39, 0.29) is 12.0 Å². The standard InChI is InChI=1S/C6H6BrNO2/c7-5-2-8-4(3-9)1-6(5)10/h1-2,9H,3H2,(H,8,10). The molecule has 0 spiro atoms. The highest BCUT2D eigenvalue weighted by molar-refractivity contribution is 9.10. The van der Waals surface area contributed by atoms with E-state index in [2.05, 4.69) is 20.9 Å². The van der Waals surface area contributed by atoms with E-state index >= 15 is 0 Å². The summed E-state index contributed by atoms with van der Waals surface area (Å²) in [5.74, 6) is 0. The molecule has 0 radical (unpaired) electrons. The Bertz CT molecular complexity index is 281. The first-order chi connectivity index (χ1) is 4.74. The summed E-state index contributed by atoms with van der Waals surface area (Å²) in [6, 6.07) is 1.35. The second-order valence-electron chi connectivity index (χ2n) is 1.83. The van der Waals surface area contributed by atoms with Gasteiger partial charge in [-0.25, -0.2) is 0 Å². The predicted molar refractivity (Wildman–Crippen MR) is 40.7 cm³/mol. The lowest BCUT2D eigenvalue weighted by Crippen LogP contribution is -2.03. The van der Waals surface area contributed by atoms with Crippen molar-refractivity contribution in [2.45, 2.75) is 6.61 Å². The Balaban J connectivity index is 3.17. The summed E-state index contributed by atoms with van der Waals surface area (Å²) in [4.78, 5) is 13.6. The molecule has 0 aliphatic carbocycles. The van der Waals surface area contributed by atoms with Gasteiger partial charge in [0.2, 0.25) is 0 Å². The molecule has 54 valence electrons. The van der Waals surface area contributed by atoms with Gasteiger partial charge in [0.25, 0.3) is 0 Å². The van der Waals surface area contributed by atoms with Gasteiger partial charge in [-0.15, -0.1) is 0 Å². The van der Waals surface area contributed by atoms with Crippen molar-refractivity contribution in [2.24, 2.45) is 0 Å². The molecule has 0 saturated carbocycles. The number of aromatic amines is 1. The van der Waals surface area contributed by atoms with E-state index < -0.39 is 0 Å². The van der Waals surface area contributed by atoms with Crippen LogP contribution in [-0.4, -0.2) is 10.1 Å². The molecule has 4 heteroatoms. The van der Waals surface area contributed by atoms with E-state index in [9.17, 15) is 4.79 Å². The molecule has 0 bridgehead atoms. The number of hydrogen-bond acceptors (Lipinski definition) is 2. The number of nitrogens with one attached hydrogen (secondary N) is 1. The third-order valence-electron chi connectivity index (χ3n) is 1.10. The second kappa shape index (κ2) is 2.98. The number of aliphatic hydroxyl groups is 1. The quantitative estimate of drug-likeness (QED) is 0.704. The van der Waals surface area contributed by atoms with Crippen LogP contribution in [0, 0.1) is 0 Å². The van der Waals surface area contributed by atoms with Crippen LogP contribution in [0.4, 0.5) is 0 Å². The maximum absolute atomic E-state index is 10.8. The monoisotopic (exact) mass is 203 g/mol. The SMILES string of the molecule is O=c1cc(CO)[nH]cc1Br. The lowest BCUT2D eigenvalue weighted by molar-refractivity contribution is 0.276. The largest absolute Gasteiger partial charge is 0.390 e. The number of hydrogen-bond donors (Lipinski definition) is 2. The molecule has 2 N–H and O–H groups in total. The number of halogens is 1. The normalized spacial score (nSPS) is 9.80. The molecule has 1 rings (SSSR count). The van der Waals surface area contributed by atoms with Crippen molar-refractivity contribution in [2.75, 3.05) is 0 Å². The first kappa shape index (κ1) is 7.50. The highest BCUT2D eigenvalue weighted by Gasteiger charge is 1.94. The number of aliphatic hydroxyl groups excluding tert-OH is 1. The summed E-state index contributed by atoms with van der Waals surface area (Å²) < 4.78 is 0.477. The molecule has 10 heavy (non-hydrogen) atoms. The molecule has 0 aliphatic heterocycles. The minimum absolute atomic E-state index is 0.122. The average Bonchev–Trinajstić information content (AvgIpc) is 1.95. The Hall–Kier alpha value is -0.610. The Kier molecular flexibility index (Phi) is 2.24. The van der Waals surface area contributed by atoms with Gasteiger partial charge < -0.3 is 10.1 Å². The van der Waals surface area contributed by atoms with Crippen LogP contribution >= 0.6 is 15.9 Å². The van der Waals surface area contributed by atoms with Gasteiger partial charge in [-0.05, 0) is 15.9 Å². The fourth-order valence-electron chi connectivity index (χ4n) is 0.587. The van der Waals surface area contributed by atoms with Crippen molar-refractivity contribution in [1.82, 2.24) is 4.98 Å². The molecule has 0 aliphatic rings. The molecule has 0 atom stereocenters. The molecule has 1 aromatic heterocycles. The smallest absolute Gasteiger partial charge is 0.196 e. The molecule has 0 amide bonds. The van der Waals surface area contributed by atoms with Gasteiger partial charge in [0.1, 0.15) is 0 Å². The van der Waals surface area contributed by atoms with Crippen LogP contribution in [0.1, 0.15) is 5.69 Å². The summed E-state index contributed by atoms with van der Waals surface area (Å²) in [7, 11) is 0. The van der Waals surface area contributed by atoms with Crippen molar-refractivity contribution >= 4 is 15.9 Å². The van der Waals surface area contributed by atoms with E-state index in [0.29, 0.717) is 10.2 Å². The number of aromatic nitrogens is 1. The zero-order valence-corrected chi connectivity index (χ0v) is 6.68. The molecule has 0 aromatic carbocycles. The zero-order chi connectivity index (χ0) is 7.56. The maximum atomic E-state index is 10.8. The summed E-state index contributed by atoms with van der Waals surface area (Å²) in [6.45, 7) is -0.136. The molecule has 0 fully saturated rings. The molecular weight excluding hydrogens is 198 g/mol. The number of H-pyrrole nitrogens is 1. The Morgan fingerprint density at radius 3 is 2.90 bits per heavy atom. The predicted octanol–water partition coefficient (Wildman–Crippen LogP) is 0.630. The first-order valence-corrected chi connectivity index (χ1v) is 3.51. The van der Waals surface area contributed by atoms with E-state index in [4.69, 9.17) is 5.11 Å². The van der Waals surface area contributed by atoms with Crippen LogP contribution in [-0.2, 0) is 6.61 Å². The van der Waals surface area contributed by atoms with Crippen molar-refractivity contribution < 1.29 is 5.11 Å². The Morgan fingerprint density at radius 2 is 2.40 bits per heavy atom. The highest BCUT2D eigenvalue weighted by Crippen LogP contribution is 2.00. The van der Waals surface area contributed by atoms with E-state index in [1.807, 2.05) is 0 Å². The Morgan fingerprint density at radius 1 is 1.70 bits per heavy atom. The van der Waals surface area contributed by atoms with Crippen molar-refractivity contribution in [3.05, 3.63) is 32.7 Å². The summed E-state index contributed by atoms with van der Waals surface area (Å²) >= 11 is 3.03. The topological polar surface area (TPSA) is 53.1 Å². The first-order valence-electron chi connectivity index (χ1n) is 2.72. The molecule has 1 aromatic rings. The Labute approximate surface area is 65.8 Å². The zero-order valence-electron chi connectivity index (χ0n) is 5.10. The minimum Gasteiger partial charge on any atom is -0.390 e. The molecule has 3 nitrogen and oxygen atoms in total. The summed E-state index contributed by atoms with van der Waals surface area (Å²) in [5, 5.41) is 8.57. The fourth-order valence-corrected chi connectivity index (χ4v) is 0.816. The van der Waals surface area contributed by atoms with Crippen LogP contribution in [0.5, 0.6) is 0 Å². The van der Waals surface area contributed by atoms with Crippen LogP contribution < -0.4 is 5.43 Å². The van der Waals surface area contributed by atoms with Crippen molar-refractivity contribution in [3.63, 3.8) is 0 Å². The molecule has 0 unspecified atom stereocenters. The minimum atomic E-state index is -0.136. The van der Waals surface area contributed by atoms with Gasteiger partial charge in [-0.1, -0.05) is 0 Å². The highest BCUT2D eigenvalue weighted by atomic mass is 79.9. The lowest BCUT2D eigenvalue weighted by Gasteiger charge is -1.93. The van der Waals surface area contributed by atoms with E-state index in [0.717, 1.165) is 0 Å². The van der Waals surface area contributed by atoms with Gasteiger partial charge in [-0.2, -0.15) is 0 Å². The van der Waals surface area contributed by atoms with Crippen LogP contribution in [0.15, 0.2) is 21.5 Å². The third kappa shape index (κ3) is 1.46. The van der Waals surface area contributed by atoms with Crippen molar-refractivity contribution in [1.29, 1.82) is 0 Å². The number of pyridine rings is 1. The third-order valence-corrected chi connectivity index (χ3v) is 1.72. The summed E-state index contributed by atoms with van der Waals surface area (Å²) in [5.41, 5.74) is 0.399. The van der Waals surface area contributed by atoms with E-state index in [1.54, 1.807) is 0 Å². The van der Waals surface area contributed by atoms with Crippen LogP contribution in [0.25, 0.3) is 0 Å². The van der Waals surface area contributed by atoms with Gasteiger partial charge in [0.05, 0.1) is 11.1 Å². The lowest BCUT2D eigenvalue weighted by atomic mass is 10.4. The second-order valence-corrected chi connectivity index (χ2v) is 2.68. The fraction of sp³-hybridized carbons (Fsp3) is 0.167. The average molecular weight is 204 g/mol. The van der Waals surface area contributed by atoms with Gasteiger partial charge >= 0.3 is 0 Å². The molecular formula is C6H6BrNO2. The van der Waals surface area contributed by atoms with Crippen molar-refractivity contribution in [3.8, 4) is 0 Å². The molecule has 1 heterocycles. The molecule has 0 saturated heterocycles. The van der Waals surface area contributed by atoms with Gasteiger partial charge in [0.15, 0.2) is 5.43 Å². The summed E-state index contributed by atoms with van der Waals surface area (Å²) in [6.07, 6.45) is 1.51. The van der Waals surface area contributed by atoms with Crippen LogP contribution in [0.2, 0.25) is 0 Å². The van der Waals surface area contributed by atoms with Gasteiger partial charge in [-0.3, -0.25) is 4.79 Å². The van der Waals surface area contributed by atoms with Crippen LogP contribution in [0.3, 0.4) is 0 Å².